The van der Waals surface area contributed by atoms with Gasteiger partial charge in [0.25, 0.3) is 0 Å². The van der Waals surface area contributed by atoms with E-state index in [4.69, 9.17) is 10.3 Å². The Labute approximate surface area is 102 Å². The summed E-state index contributed by atoms with van der Waals surface area (Å²) < 4.78 is 27.6. The van der Waals surface area contributed by atoms with Gasteiger partial charge < -0.3 is 10.3 Å². The number of nitrogens with zero attached hydrogens (tertiary/aromatic N) is 2. The zero-order valence-electron chi connectivity index (χ0n) is 10.2. The third-order valence-electron chi connectivity index (χ3n) is 2.58. The fourth-order valence-electron chi connectivity index (χ4n) is 1.32. The first-order chi connectivity index (χ1) is 7.95. The molecule has 1 heterocycles. The van der Waals surface area contributed by atoms with Gasteiger partial charge in [-0.2, -0.15) is 4.98 Å². The molecule has 1 aromatic rings. The Morgan fingerprint density at radius 2 is 2.06 bits per heavy atom. The van der Waals surface area contributed by atoms with Crippen molar-refractivity contribution in [2.24, 2.45) is 5.73 Å². The molecule has 1 atom stereocenters. The zero-order valence-corrected chi connectivity index (χ0v) is 11.0. The number of aryl methyl sites for hydroxylation is 1. The molecule has 0 bridgehead atoms. The number of rotatable bonds is 7. The van der Waals surface area contributed by atoms with Crippen LogP contribution in [0.4, 0.5) is 0 Å². The third kappa shape index (κ3) is 4.43. The second kappa shape index (κ2) is 6.11. The molecule has 2 N–H and O–H groups in total. The number of nitrogens with two attached hydrogens (primary N) is 1. The minimum absolute atomic E-state index is 0.237. The van der Waals surface area contributed by atoms with Gasteiger partial charge in [-0.1, -0.05) is 11.6 Å². The van der Waals surface area contributed by atoms with E-state index in [-0.39, 0.29) is 5.82 Å². The van der Waals surface area contributed by atoms with Gasteiger partial charge in [-0.3, -0.25) is 0 Å². The van der Waals surface area contributed by atoms with Crippen LogP contribution in [-0.4, -0.2) is 31.4 Å². The second-order valence-electron chi connectivity index (χ2n) is 4.12. The van der Waals surface area contributed by atoms with E-state index in [1.165, 1.54) is 0 Å². The van der Waals surface area contributed by atoms with Crippen molar-refractivity contribution in [2.45, 2.75) is 37.9 Å². The Hall–Kier alpha value is -0.950. The van der Waals surface area contributed by atoms with Crippen LogP contribution in [0.2, 0.25) is 0 Å². The van der Waals surface area contributed by atoms with Crippen LogP contribution in [0.5, 0.6) is 0 Å². The van der Waals surface area contributed by atoms with Crippen molar-refractivity contribution in [3.8, 4) is 0 Å². The Morgan fingerprint density at radius 1 is 1.35 bits per heavy atom. The lowest BCUT2D eigenvalue weighted by Gasteiger charge is -2.01. The summed E-state index contributed by atoms with van der Waals surface area (Å²) in [5, 5.41) is 2.97. The molecule has 7 heteroatoms. The van der Waals surface area contributed by atoms with Crippen molar-refractivity contribution in [3.63, 3.8) is 0 Å². The predicted octanol–water partition coefficient (Wildman–Crippen LogP) is 0.847. The molecule has 0 spiro atoms. The Morgan fingerprint density at radius 3 is 2.65 bits per heavy atom. The third-order valence-corrected chi connectivity index (χ3v) is 4.08. The summed E-state index contributed by atoms with van der Waals surface area (Å²) in [6.45, 7) is 2.23. The highest BCUT2D eigenvalue weighted by Gasteiger charge is 2.22. The van der Waals surface area contributed by atoms with Gasteiger partial charge in [0.15, 0.2) is 15.7 Å². The van der Waals surface area contributed by atoms with Gasteiger partial charge in [0.1, 0.15) is 5.25 Å². The highest BCUT2D eigenvalue weighted by Crippen LogP contribution is 2.18. The maximum atomic E-state index is 11.3. The first kappa shape index (κ1) is 14.1. The lowest BCUT2D eigenvalue weighted by Crippen LogP contribution is -2.09. The van der Waals surface area contributed by atoms with Crippen LogP contribution in [0.1, 0.15) is 43.2 Å². The molecule has 0 aliphatic heterocycles. The molecule has 1 aromatic heterocycles. The van der Waals surface area contributed by atoms with Crippen molar-refractivity contribution >= 4 is 9.84 Å². The first-order valence-electron chi connectivity index (χ1n) is 5.66. The molecule has 0 aromatic carbocycles. The van der Waals surface area contributed by atoms with E-state index >= 15 is 0 Å². The van der Waals surface area contributed by atoms with Crippen molar-refractivity contribution in [3.05, 3.63) is 11.7 Å². The molecule has 98 valence electrons. The number of hydrogen-bond donors (Lipinski definition) is 1. The molecule has 0 aliphatic rings. The molecule has 1 rings (SSSR count). The summed E-state index contributed by atoms with van der Waals surface area (Å²) in [6.07, 6.45) is 4.74. The summed E-state index contributed by atoms with van der Waals surface area (Å²) >= 11 is 0. The lowest BCUT2D eigenvalue weighted by molar-refractivity contribution is 0.368. The highest BCUT2D eigenvalue weighted by molar-refractivity contribution is 7.90. The van der Waals surface area contributed by atoms with Crippen LogP contribution in [0.3, 0.4) is 0 Å². The summed E-state index contributed by atoms with van der Waals surface area (Å²) in [5.74, 6) is 0.730. The molecule has 6 nitrogen and oxygen atoms in total. The second-order valence-corrected chi connectivity index (χ2v) is 6.48. The molecule has 17 heavy (non-hydrogen) atoms. The van der Waals surface area contributed by atoms with Crippen molar-refractivity contribution < 1.29 is 12.9 Å². The SMILES string of the molecule is CC(c1noc(CCCCCN)n1)S(C)(=O)=O. The molecule has 0 saturated carbocycles. The molecule has 0 aliphatic carbocycles. The van der Waals surface area contributed by atoms with E-state index < -0.39 is 15.1 Å². The first-order valence-corrected chi connectivity index (χ1v) is 7.62. The van der Waals surface area contributed by atoms with E-state index in [2.05, 4.69) is 10.1 Å². The van der Waals surface area contributed by atoms with Crippen molar-refractivity contribution in [1.29, 1.82) is 0 Å². The van der Waals surface area contributed by atoms with Gasteiger partial charge >= 0.3 is 0 Å². The number of hydrogen-bond acceptors (Lipinski definition) is 6. The van der Waals surface area contributed by atoms with E-state index in [1.54, 1.807) is 6.92 Å². The van der Waals surface area contributed by atoms with Gasteiger partial charge in [-0.15, -0.1) is 0 Å². The van der Waals surface area contributed by atoms with E-state index in [0.717, 1.165) is 25.5 Å². The minimum Gasteiger partial charge on any atom is -0.339 e. The Kier molecular flexibility index (Phi) is 5.07. The van der Waals surface area contributed by atoms with Crippen LogP contribution in [-0.2, 0) is 16.3 Å². The summed E-state index contributed by atoms with van der Waals surface area (Å²) in [4.78, 5) is 4.09. The van der Waals surface area contributed by atoms with Crippen molar-refractivity contribution in [1.82, 2.24) is 10.1 Å². The maximum absolute atomic E-state index is 11.3. The minimum atomic E-state index is -3.17. The van der Waals surface area contributed by atoms with Gasteiger partial charge in [0.2, 0.25) is 5.89 Å². The average molecular weight is 261 g/mol. The molecule has 0 amide bonds. The highest BCUT2D eigenvalue weighted by atomic mass is 32.2. The van der Waals surface area contributed by atoms with E-state index in [1.807, 2.05) is 0 Å². The molecule has 0 radical (unpaired) electrons. The Bertz CT molecular complexity index is 441. The molecular weight excluding hydrogens is 242 g/mol. The average Bonchev–Trinajstić information content (AvgIpc) is 2.70. The smallest absolute Gasteiger partial charge is 0.226 e. The topological polar surface area (TPSA) is 99.1 Å². The zero-order chi connectivity index (χ0) is 12.9. The molecule has 1 unspecified atom stereocenters. The van der Waals surface area contributed by atoms with Gasteiger partial charge in [0.05, 0.1) is 0 Å². The number of sulfone groups is 1. The summed E-state index contributed by atoms with van der Waals surface area (Å²) in [5.41, 5.74) is 5.38. The maximum Gasteiger partial charge on any atom is 0.226 e. The van der Waals surface area contributed by atoms with Crippen molar-refractivity contribution in [2.75, 3.05) is 12.8 Å². The largest absolute Gasteiger partial charge is 0.339 e. The van der Waals surface area contributed by atoms with Crippen LogP contribution in [0, 0.1) is 0 Å². The van der Waals surface area contributed by atoms with Gasteiger partial charge in [0, 0.05) is 12.7 Å². The monoisotopic (exact) mass is 261 g/mol. The summed E-state index contributed by atoms with van der Waals surface area (Å²) in [7, 11) is -3.17. The molecular formula is C10H19N3O3S. The van der Waals surface area contributed by atoms with Crippen LogP contribution >= 0.6 is 0 Å². The number of unbranched alkanes of at least 4 members (excludes halogenated alkanes) is 2. The normalized spacial score (nSPS) is 13.8. The van der Waals surface area contributed by atoms with E-state index in [0.29, 0.717) is 18.9 Å². The van der Waals surface area contributed by atoms with Gasteiger partial charge in [-0.25, -0.2) is 8.42 Å². The predicted molar refractivity (Wildman–Crippen MR) is 64.2 cm³/mol. The quantitative estimate of drug-likeness (QED) is 0.730. The Balaban J connectivity index is 2.54. The van der Waals surface area contributed by atoms with Crippen LogP contribution in [0.25, 0.3) is 0 Å². The van der Waals surface area contributed by atoms with Crippen LogP contribution < -0.4 is 5.73 Å². The fourth-order valence-corrected chi connectivity index (χ4v) is 1.80. The summed E-state index contributed by atoms with van der Waals surface area (Å²) in [6, 6.07) is 0. The number of aromatic nitrogens is 2. The standard InChI is InChI=1S/C10H19N3O3S/c1-8(17(2,14)15)10-12-9(16-13-10)6-4-3-5-7-11/h8H,3-7,11H2,1-2H3. The van der Waals surface area contributed by atoms with E-state index in [9.17, 15) is 8.42 Å². The molecule has 0 saturated heterocycles. The van der Waals surface area contributed by atoms with Crippen LogP contribution in [0.15, 0.2) is 4.52 Å². The van der Waals surface area contributed by atoms with Gasteiger partial charge in [-0.05, 0) is 26.3 Å². The lowest BCUT2D eigenvalue weighted by atomic mass is 10.2. The fraction of sp³-hybridized carbons (Fsp3) is 0.800. The molecule has 0 fully saturated rings.